The maximum atomic E-state index is 6.35. The second-order valence-corrected chi connectivity index (χ2v) is 6.29. The largest absolute Gasteiger partial charge is 0.311 e. The van der Waals surface area contributed by atoms with Crippen molar-refractivity contribution < 1.29 is 0 Å². The molecule has 0 spiro atoms. The molecule has 0 saturated carbocycles. The molecule has 23 heavy (non-hydrogen) atoms. The topological polar surface area (TPSA) is 33.1 Å². The number of halogens is 1. The van der Waals surface area contributed by atoms with Crippen molar-refractivity contribution in [2.24, 2.45) is 0 Å². The Kier molecular flexibility index (Phi) is 6.39. The van der Waals surface area contributed by atoms with Crippen molar-refractivity contribution in [3.8, 4) is 0 Å². The van der Waals surface area contributed by atoms with Crippen molar-refractivity contribution in [3.05, 3.63) is 65.0 Å². The van der Waals surface area contributed by atoms with E-state index < -0.39 is 0 Å². The first kappa shape index (κ1) is 17.7. The lowest BCUT2D eigenvalue weighted by Gasteiger charge is -2.26. The van der Waals surface area contributed by atoms with E-state index in [0.717, 1.165) is 35.9 Å². The number of aromatic nitrogens is 2. The van der Waals surface area contributed by atoms with E-state index in [9.17, 15) is 0 Å². The van der Waals surface area contributed by atoms with Gasteiger partial charge in [0, 0.05) is 35.9 Å². The van der Waals surface area contributed by atoms with Gasteiger partial charge in [-0.3, -0.25) is 4.68 Å². The Morgan fingerprint density at radius 2 is 2.13 bits per heavy atom. The van der Waals surface area contributed by atoms with Crippen molar-refractivity contribution in [2.45, 2.75) is 26.1 Å². The van der Waals surface area contributed by atoms with E-state index in [1.807, 2.05) is 35.9 Å². The summed E-state index contributed by atoms with van der Waals surface area (Å²) in [4.78, 5) is 2.18. The number of rotatable bonds is 8. The minimum atomic E-state index is 0.229. The second kappa shape index (κ2) is 8.29. The van der Waals surface area contributed by atoms with Crippen LogP contribution in [-0.2, 0) is 13.1 Å². The van der Waals surface area contributed by atoms with Crippen molar-refractivity contribution in [2.75, 3.05) is 20.6 Å². The van der Waals surface area contributed by atoms with Gasteiger partial charge in [0.05, 0.1) is 12.2 Å². The highest BCUT2D eigenvalue weighted by atomic mass is 35.5. The third kappa shape index (κ3) is 4.67. The number of nitrogens with one attached hydrogen (secondary N) is 1. The Hall–Kier alpha value is -1.62. The summed E-state index contributed by atoms with van der Waals surface area (Å²) >= 11 is 6.35. The Morgan fingerprint density at radius 3 is 2.78 bits per heavy atom. The van der Waals surface area contributed by atoms with Gasteiger partial charge < -0.3 is 10.2 Å². The summed E-state index contributed by atoms with van der Waals surface area (Å²) in [6.45, 7) is 8.13. The van der Waals surface area contributed by atoms with E-state index in [4.69, 9.17) is 11.6 Å². The average Bonchev–Trinajstić information content (AvgIpc) is 2.85. The van der Waals surface area contributed by atoms with E-state index in [2.05, 4.69) is 48.3 Å². The van der Waals surface area contributed by atoms with Crippen LogP contribution in [0.3, 0.4) is 0 Å². The first-order valence-electron chi connectivity index (χ1n) is 7.78. The number of benzene rings is 1. The molecule has 0 amide bonds. The lowest BCUT2D eigenvalue weighted by atomic mass is 10.1. The van der Waals surface area contributed by atoms with Crippen LogP contribution in [0.15, 0.2) is 43.1 Å². The molecule has 4 nitrogen and oxygen atoms in total. The molecule has 124 valence electrons. The fourth-order valence-electron chi connectivity index (χ4n) is 2.62. The number of nitrogens with zero attached hydrogens (tertiary/aromatic N) is 3. The highest BCUT2D eigenvalue weighted by Crippen LogP contribution is 2.25. The molecule has 0 radical (unpaired) electrons. The van der Waals surface area contributed by atoms with Crippen LogP contribution in [-0.4, -0.2) is 35.3 Å². The molecule has 0 aliphatic carbocycles. The van der Waals surface area contributed by atoms with Gasteiger partial charge in [-0.05, 0) is 32.6 Å². The first-order chi connectivity index (χ1) is 11.0. The standard InChI is InChI=1S/C18H25ClN4/c1-5-10-23-13-15(14(2)21-23)11-20-12-18(22(3)4)16-8-6-7-9-17(16)19/h5-9,13,18,20H,1,10-12H2,2-4H3/t18-/m1/s1. The summed E-state index contributed by atoms with van der Waals surface area (Å²) in [7, 11) is 4.14. The van der Waals surface area contributed by atoms with Crippen molar-refractivity contribution >= 4 is 11.6 Å². The van der Waals surface area contributed by atoms with Crippen LogP contribution < -0.4 is 5.32 Å². The zero-order chi connectivity index (χ0) is 16.8. The smallest absolute Gasteiger partial charge is 0.0638 e. The van der Waals surface area contributed by atoms with Gasteiger partial charge in [0.15, 0.2) is 0 Å². The fraction of sp³-hybridized carbons (Fsp3) is 0.389. The van der Waals surface area contributed by atoms with Gasteiger partial charge in [-0.2, -0.15) is 5.10 Å². The first-order valence-corrected chi connectivity index (χ1v) is 8.16. The van der Waals surface area contributed by atoms with Crippen LogP contribution in [0.5, 0.6) is 0 Å². The number of aryl methyl sites for hydroxylation is 1. The number of hydrogen-bond acceptors (Lipinski definition) is 3. The molecular formula is C18H25ClN4. The molecule has 2 aromatic rings. The summed E-state index contributed by atoms with van der Waals surface area (Å²) in [6.07, 6.45) is 3.92. The summed E-state index contributed by atoms with van der Waals surface area (Å²) in [5, 5.41) is 8.81. The van der Waals surface area contributed by atoms with Crippen LogP contribution in [0.2, 0.25) is 5.02 Å². The lowest BCUT2D eigenvalue weighted by molar-refractivity contribution is 0.288. The summed E-state index contributed by atoms with van der Waals surface area (Å²) in [6, 6.07) is 8.25. The van der Waals surface area contributed by atoms with Crippen LogP contribution in [0.1, 0.15) is 22.9 Å². The SMILES string of the molecule is C=CCn1cc(CNC[C@H](c2ccccc2Cl)N(C)C)c(C)n1. The molecule has 1 aromatic carbocycles. The van der Waals surface area contributed by atoms with E-state index >= 15 is 0 Å². The molecule has 0 aliphatic heterocycles. The molecular weight excluding hydrogens is 308 g/mol. The molecule has 0 saturated heterocycles. The van der Waals surface area contributed by atoms with Gasteiger partial charge >= 0.3 is 0 Å². The van der Waals surface area contributed by atoms with Crippen LogP contribution in [0.4, 0.5) is 0 Å². The van der Waals surface area contributed by atoms with Gasteiger partial charge in [0.1, 0.15) is 0 Å². The van der Waals surface area contributed by atoms with Crippen LogP contribution >= 0.6 is 11.6 Å². The van der Waals surface area contributed by atoms with Gasteiger partial charge in [-0.1, -0.05) is 35.9 Å². The number of hydrogen-bond donors (Lipinski definition) is 1. The van der Waals surface area contributed by atoms with E-state index in [1.54, 1.807) is 0 Å². The Bertz CT molecular complexity index is 648. The molecule has 1 atom stereocenters. The van der Waals surface area contributed by atoms with Gasteiger partial charge in [-0.25, -0.2) is 0 Å². The third-order valence-electron chi connectivity index (χ3n) is 3.90. The molecule has 1 aromatic heterocycles. The summed E-state index contributed by atoms with van der Waals surface area (Å²) in [5.74, 6) is 0. The maximum Gasteiger partial charge on any atom is 0.0638 e. The maximum absolute atomic E-state index is 6.35. The third-order valence-corrected chi connectivity index (χ3v) is 4.25. The number of allylic oxidation sites excluding steroid dienone is 1. The predicted molar refractivity (Wildman–Crippen MR) is 96.7 cm³/mol. The van der Waals surface area contributed by atoms with E-state index in [-0.39, 0.29) is 6.04 Å². The highest BCUT2D eigenvalue weighted by molar-refractivity contribution is 6.31. The zero-order valence-electron chi connectivity index (χ0n) is 14.1. The van der Waals surface area contributed by atoms with E-state index in [0.29, 0.717) is 0 Å². The molecule has 0 unspecified atom stereocenters. The Morgan fingerprint density at radius 1 is 1.39 bits per heavy atom. The Balaban J connectivity index is 2.00. The normalized spacial score (nSPS) is 12.6. The molecule has 0 fully saturated rings. The zero-order valence-corrected chi connectivity index (χ0v) is 14.8. The van der Waals surface area contributed by atoms with Gasteiger partial charge in [-0.15, -0.1) is 6.58 Å². The number of likely N-dealkylation sites (N-methyl/N-ethyl adjacent to an activating group) is 1. The molecule has 0 aliphatic rings. The average molecular weight is 333 g/mol. The van der Waals surface area contributed by atoms with E-state index in [1.165, 1.54) is 5.56 Å². The van der Waals surface area contributed by atoms with Gasteiger partial charge in [0.2, 0.25) is 0 Å². The fourth-order valence-corrected chi connectivity index (χ4v) is 2.88. The Labute approximate surface area is 143 Å². The van der Waals surface area contributed by atoms with Gasteiger partial charge in [0.25, 0.3) is 0 Å². The lowest BCUT2D eigenvalue weighted by Crippen LogP contribution is -2.31. The minimum Gasteiger partial charge on any atom is -0.311 e. The van der Waals surface area contributed by atoms with Crippen LogP contribution in [0.25, 0.3) is 0 Å². The minimum absolute atomic E-state index is 0.229. The molecule has 2 rings (SSSR count). The van der Waals surface area contributed by atoms with Crippen molar-refractivity contribution in [3.63, 3.8) is 0 Å². The second-order valence-electron chi connectivity index (χ2n) is 5.88. The molecule has 0 bridgehead atoms. The highest BCUT2D eigenvalue weighted by Gasteiger charge is 2.16. The summed E-state index contributed by atoms with van der Waals surface area (Å²) < 4.78 is 1.91. The quantitative estimate of drug-likeness (QED) is 0.752. The van der Waals surface area contributed by atoms with Crippen molar-refractivity contribution in [1.29, 1.82) is 0 Å². The molecule has 1 heterocycles. The van der Waals surface area contributed by atoms with Crippen LogP contribution in [0, 0.1) is 6.92 Å². The summed E-state index contributed by atoms with van der Waals surface area (Å²) in [5.41, 5.74) is 3.41. The van der Waals surface area contributed by atoms with Crippen molar-refractivity contribution in [1.82, 2.24) is 20.0 Å². The predicted octanol–water partition coefficient (Wildman–Crippen LogP) is 3.42. The monoisotopic (exact) mass is 332 g/mol. The molecule has 1 N–H and O–H groups in total. The molecule has 5 heteroatoms.